The summed E-state index contributed by atoms with van der Waals surface area (Å²) in [5, 5.41) is 30.4. The van der Waals surface area contributed by atoms with E-state index < -0.39 is 38.1 Å². The molecule has 0 spiro atoms. The molecule has 2 aromatic rings. The Labute approximate surface area is 271 Å². The van der Waals surface area contributed by atoms with E-state index in [1.54, 1.807) is 12.1 Å². The molecule has 2 aromatic carbocycles. The van der Waals surface area contributed by atoms with Gasteiger partial charge in [-0.05, 0) is 48.8 Å². The summed E-state index contributed by atoms with van der Waals surface area (Å²) in [6.07, 6.45) is -8.33. The number of rotatable bonds is 8. The van der Waals surface area contributed by atoms with Crippen LogP contribution in [0.25, 0.3) is 0 Å². The molecule has 0 saturated heterocycles. The lowest BCUT2D eigenvalue weighted by molar-refractivity contribution is -0.166. The van der Waals surface area contributed by atoms with E-state index in [1.807, 2.05) is 0 Å². The number of aliphatic hydroxyl groups excluding tert-OH is 2. The van der Waals surface area contributed by atoms with E-state index in [9.17, 15) is 26.3 Å². The maximum absolute atomic E-state index is 13.0. The van der Waals surface area contributed by atoms with Crippen LogP contribution in [0, 0.1) is 23.7 Å². The van der Waals surface area contributed by atoms with Gasteiger partial charge in [-0.2, -0.15) is 26.3 Å². The van der Waals surface area contributed by atoms with Crippen LogP contribution < -0.4 is 0 Å². The fraction of sp³-hybridized carbons (Fsp3) is 0.515. The first-order valence-electron chi connectivity index (χ1n) is 14.9. The Morgan fingerprint density at radius 3 is 1.43 bits per heavy atom. The van der Waals surface area contributed by atoms with Gasteiger partial charge in [-0.25, -0.2) is 0 Å². The molecule has 0 aromatic heterocycles. The number of nitrogens with zero attached hydrogens (tertiary/aromatic N) is 4. The fourth-order valence-corrected chi connectivity index (χ4v) is 5.36. The van der Waals surface area contributed by atoms with Gasteiger partial charge in [0.05, 0.1) is 18.8 Å². The minimum atomic E-state index is -4.54. The lowest BCUT2D eigenvalue weighted by atomic mass is 10.0. The molecule has 47 heavy (non-hydrogen) atoms. The van der Waals surface area contributed by atoms with Crippen molar-refractivity contribution in [2.75, 3.05) is 6.61 Å². The van der Waals surface area contributed by atoms with Crippen molar-refractivity contribution >= 4 is 8.32 Å². The number of alkyl halides is 6. The Balaban J connectivity index is 0.000000267. The number of aliphatic hydroxyl groups is 2. The van der Waals surface area contributed by atoms with Gasteiger partial charge in [0, 0.05) is 35.1 Å². The molecule has 2 atom stereocenters. The molecular weight excluding hydrogens is 642 g/mol. The van der Waals surface area contributed by atoms with Gasteiger partial charge in [-0.15, -0.1) is 20.5 Å². The summed E-state index contributed by atoms with van der Waals surface area (Å²) in [4.78, 5) is 0. The van der Waals surface area contributed by atoms with Crippen molar-refractivity contribution in [3.8, 4) is 23.7 Å². The maximum atomic E-state index is 13.0. The molecule has 7 nitrogen and oxygen atoms in total. The molecule has 2 heterocycles. The number of halogens is 6. The van der Waals surface area contributed by atoms with Crippen molar-refractivity contribution < 1.29 is 41.0 Å². The fourth-order valence-electron chi connectivity index (χ4n) is 3.92. The average Bonchev–Trinajstić information content (AvgIpc) is 3.90. The van der Waals surface area contributed by atoms with E-state index in [0.717, 1.165) is 6.42 Å². The zero-order chi connectivity index (χ0) is 35.3. The molecule has 2 aliphatic rings. The van der Waals surface area contributed by atoms with Crippen molar-refractivity contribution in [1.29, 1.82) is 0 Å². The van der Waals surface area contributed by atoms with Crippen LogP contribution in [-0.4, -0.2) is 49.7 Å². The SMILES string of the molecule is CC[C@H](CC#Cc1ccc(C2(C(F)(F)F)N=N2)cc1)O[Si](C)(C)C(C)(C)C.OC[C@@H](O)CC#Cc1ccc(C2(C(F)(F)F)N=N2)cc1. The zero-order valence-electron chi connectivity index (χ0n) is 27.0. The standard InChI is InChI=1S/C20H27F3N2OSi.C13H11F3N2O2/c1-7-17(26-27(5,6)18(2,3)4)10-8-9-15-11-13-16(14-12-15)19(24-25-19)20(21,22)23;14-13(15,16)12(17-18-12)10-6-4-9(5-7-10)2-1-3-11(20)8-19/h11-14,17H,7,10H2,1-6H3;4-7,11,19-20H,3,8H2/t17-;11-/m10/s1. The summed E-state index contributed by atoms with van der Waals surface area (Å²) in [5.74, 6) is 11.4. The van der Waals surface area contributed by atoms with Crippen LogP contribution in [0.4, 0.5) is 26.3 Å². The van der Waals surface area contributed by atoms with Crippen LogP contribution in [-0.2, 0) is 15.8 Å². The summed E-state index contributed by atoms with van der Waals surface area (Å²) < 4.78 is 83.6. The minimum absolute atomic E-state index is 0.0215. The predicted octanol–water partition coefficient (Wildman–Crippen LogP) is 8.37. The van der Waals surface area contributed by atoms with Gasteiger partial charge >= 0.3 is 23.7 Å². The Morgan fingerprint density at radius 2 is 1.13 bits per heavy atom. The second-order valence-electron chi connectivity index (χ2n) is 12.7. The van der Waals surface area contributed by atoms with Crippen molar-refractivity contribution in [2.24, 2.45) is 20.5 Å². The molecule has 0 bridgehead atoms. The van der Waals surface area contributed by atoms with Crippen LogP contribution in [0.15, 0.2) is 69.0 Å². The molecule has 0 aliphatic carbocycles. The van der Waals surface area contributed by atoms with Crippen molar-refractivity contribution in [2.45, 2.75) is 101 Å². The first-order chi connectivity index (χ1) is 21.7. The van der Waals surface area contributed by atoms with Crippen LogP contribution in [0.1, 0.15) is 69.2 Å². The van der Waals surface area contributed by atoms with Crippen LogP contribution >= 0.6 is 0 Å². The van der Waals surface area contributed by atoms with E-state index in [-0.39, 0.29) is 35.3 Å². The minimum Gasteiger partial charge on any atom is -0.413 e. The number of hydrogen-bond acceptors (Lipinski definition) is 7. The molecule has 2 aliphatic heterocycles. The summed E-state index contributed by atoms with van der Waals surface area (Å²) in [6, 6.07) is 11.4. The lowest BCUT2D eigenvalue weighted by Gasteiger charge is -2.38. The summed E-state index contributed by atoms with van der Waals surface area (Å²) in [7, 11) is -1.85. The maximum Gasteiger partial charge on any atom is 0.442 e. The topological polar surface area (TPSA) is 99.1 Å². The van der Waals surface area contributed by atoms with Crippen LogP contribution in [0.2, 0.25) is 18.1 Å². The molecule has 0 saturated carbocycles. The second-order valence-corrected chi connectivity index (χ2v) is 17.4. The first-order valence-corrected chi connectivity index (χ1v) is 17.8. The van der Waals surface area contributed by atoms with E-state index in [0.29, 0.717) is 17.5 Å². The van der Waals surface area contributed by atoms with Gasteiger partial charge in [0.25, 0.3) is 0 Å². The van der Waals surface area contributed by atoms with Crippen LogP contribution in [0.5, 0.6) is 0 Å². The molecule has 4 rings (SSSR count). The van der Waals surface area contributed by atoms with Gasteiger partial charge in [-0.1, -0.05) is 75.6 Å². The largest absolute Gasteiger partial charge is 0.442 e. The highest BCUT2D eigenvalue weighted by Crippen LogP contribution is 2.53. The molecule has 254 valence electrons. The Kier molecular flexibility index (Phi) is 11.5. The third-order valence-corrected chi connectivity index (χ3v) is 12.6. The second kappa shape index (κ2) is 14.3. The van der Waals surface area contributed by atoms with Crippen molar-refractivity contribution in [1.82, 2.24) is 0 Å². The van der Waals surface area contributed by atoms with E-state index in [4.69, 9.17) is 14.6 Å². The highest BCUT2D eigenvalue weighted by molar-refractivity contribution is 6.74. The number of hydrogen-bond donors (Lipinski definition) is 2. The average molecular weight is 681 g/mol. The Hall–Kier alpha value is -3.56. The molecule has 0 radical (unpaired) electrons. The van der Waals surface area contributed by atoms with Gasteiger partial charge < -0.3 is 14.6 Å². The predicted molar refractivity (Wildman–Crippen MR) is 167 cm³/mol. The smallest absolute Gasteiger partial charge is 0.413 e. The zero-order valence-corrected chi connectivity index (χ0v) is 28.0. The first kappa shape index (κ1) is 37.9. The Morgan fingerprint density at radius 1 is 0.745 bits per heavy atom. The molecule has 0 fully saturated rings. The summed E-state index contributed by atoms with van der Waals surface area (Å²) >= 11 is 0. The highest BCUT2D eigenvalue weighted by Gasteiger charge is 2.65. The molecule has 14 heteroatoms. The van der Waals surface area contributed by atoms with Gasteiger partial charge in [0.1, 0.15) is 0 Å². The van der Waals surface area contributed by atoms with E-state index in [2.05, 4.69) is 84.9 Å². The van der Waals surface area contributed by atoms with Crippen LogP contribution in [0.3, 0.4) is 0 Å². The summed E-state index contributed by atoms with van der Waals surface area (Å²) in [6.45, 7) is 12.7. The monoisotopic (exact) mass is 680 g/mol. The quantitative estimate of drug-likeness (QED) is 0.167. The molecule has 0 unspecified atom stereocenters. The van der Waals surface area contributed by atoms with E-state index in [1.165, 1.54) is 36.4 Å². The highest BCUT2D eigenvalue weighted by atomic mass is 28.4. The van der Waals surface area contributed by atoms with Gasteiger partial charge in [-0.3, -0.25) is 0 Å². The van der Waals surface area contributed by atoms with Gasteiger partial charge in [0.2, 0.25) is 0 Å². The Bertz CT molecular complexity index is 1550. The van der Waals surface area contributed by atoms with Crippen molar-refractivity contribution in [3.05, 3.63) is 70.8 Å². The third kappa shape index (κ3) is 9.29. The third-order valence-electron chi connectivity index (χ3n) is 8.03. The normalized spacial score (nSPS) is 17.2. The van der Waals surface area contributed by atoms with Crippen molar-refractivity contribution in [3.63, 3.8) is 0 Å². The molecule has 0 amide bonds. The van der Waals surface area contributed by atoms with E-state index >= 15 is 0 Å². The molecular formula is C33H38F6N4O3Si. The lowest BCUT2D eigenvalue weighted by Crippen LogP contribution is -2.43. The van der Waals surface area contributed by atoms with Gasteiger partial charge in [0.15, 0.2) is 8.32 Å². The number of benzene rings is 2. The molecule has 2 N–H and O–H groups in total. The summed E-state index contributed by atoms with van der Waals surface area (Å²) in [5.41, 5.74) is -3.63.